The highest BCUT2D eigenvalue weighted by atomic mass is 32.2. The van der Waals surface area contributed by atoms with Crippen LogP contribution in [-0.2, 0) is 10.0 Å². The number of benzene rings is 1. The summed E-state index contributed by atoms with van der Waals surface area (Å²) in [5, 5.41) is 0. The molecule has 0 N–H and O–H groups in total. The molecule has 2 rings (SSSR count). The lowest BCUT2D eigenvalue weighted by Gasteiger charge is -2.22. The largest absolute Gasteiger partial charge is 0.267 e. The molecule has 0 unspecified atom stereocenters. The minimum absolute atomic E-state index is 0.209. The van der Waals surface area contributed by atoms with Crippen LogP contribution in [-0.4, -0.2) is 19.9 Å². The van der Waals surface area contributed by atoms with Crippen molar-refractivity contribution in [2.75, 3.05) is 10.8 Å². The molecule has 1 aromatic carbocycles. The second-order valence-electron chi connectivity index (χ2n) is 3.81. The summed E-state index contributed by atoms with van der Waals surface area (Å²) < 4.78 is 39.7. The molecule has 0 atom stereocenters. The smallest absolute Gasteiger partial charge is 0.266 e. The Kier molecular flexibility index (Phi) is 3.80. The number of anilines is 1. The Balaban J connectivity index is 2.52. The molecule has 6 heteroatoms. The van der Waals surface area contributed by atoms with Gasteiger partial charge >= 0.3 is 0 Å². The first-order valence-electron chi connectivity index (χ1n) is 5.74. The normalized spacial score (nSPS) is 11.3. The van der Waals surface area contributed by atoms with Gasteiger partial charge in [-0.15, -0.1) is 0 Å². The van der Waals surface area contributed by atoms with Crippen molar-refractivity contribution in [1.82, 2.24) is 4.98 Å². The summed E-state index contributed by atoms with van der Waals surface area (Å²) in [5.41, 5.74) is 0.459. The van der Waals surface area contributed by atoms with Crippen LogP contribution in [0.15, 0.2) is 53.7 Å². The van der Waals surface area contributed by atoms with Crippen molar-refractivity contribution in [3.63, 3.8) is 0 Å². The highest BCUT2D eigenvalue weighted by Crippen LogP contribution is 2.24. The predicted molar refractivity (Wildman–Crippen MR) is 70.8 cm³/mol. The van der Waals surface area contributed by atoms with Gasteiger partial charge in [-0.25, -0.2) is 12.8 Å². The van der Waals surface area contributed by atoms with Crippen molar-refractivity contribution in [3.05, 3.63) is 54.6 Å². The quantitative estimate of drug-likeness (QED) is 0.864. The van der Waals surface area contributed by atoms with Gasteiger partial charge in [0.25, 0.3) is 10.0 Å². The van der Waals surface area contributed by atoms with Gasteiger partial charge in [0.2, 0.25) is 0 Å². The Hall–Kier alpha value is -1.95. The summed E-state index contributed by atoms with van der Waals surface area (Å²) in [6.45, 7) is 1.90. The Morgan fingerprint density at radius 1 is 1.16 bits per heavy atom. The van der Waals surface area contributed by atoms with Gasteiger partial charge in [-0.1, -0.05) is 12.1 Å². The van der Waals surface area contributed by atoms with Crippen LogP contribution in [0, 0.1) is 5.82 Å². The van der Waals surface area contributed by atoms with Crippen LogP contribution in [0.4, 0.5) is 10.1 Å². The van der Waals surface area contributed by atoms with E-state index < -0.39 is 15.8 Å². The summed E-state index contributed by atoms with van der Waals surface area (Å²) in [7, 11) is -3.90. The molecule has 0 fully saturated rings. The number of hydrogen-bond donors (Lipinski definition) is 0. The molecule has 0 aliphatic heterocycles. The van der Waals surface area contributed by atoms with Crippen molar-refractivity contribution in [2.24, 2.45) is 0 Å². The van der Waals surface area contributed by atoms with Gasteiger partial charge in [0.1, 0.15) is 10.7 Å². The van der Waals surface area contributed by atoms with Gasteiger partial charge in [-0.05, 0) is 31.2 Å². The van der Waals surface area contributed by atoms with Gasteiger partial charge in [0.15, 0.2) is 0 Å². The Morgan fingerprint density at radius 2 is 1.79 bits per heavy atom. The van der Waals surface area contributed by atoms with Gasteiger partial charge in [-0.3, -0.25) is 9.29 Å². The maximum atomic E-state index is 13.7. The molecule has 0 saturated carbocycles. The highest BCUT2D eigenvalue weighted by Gasteiger charge is 2.26. The van der Waals surface area contributed by atoms with Crippen LogP contribution in [0.2, 0.25) is 0 Å². The average molecular weight is 280 g/mol. The lowest BCUT2D eigenvalue weighted by molar-refractivity contribution is 0.564. The lowest BCUT2D eigenvalue weighted by atomic mass is 10.3. The molecule has 19 heavy (non-hydrogen) atoms. The summed E-state index contributed by atoms with van der Waals surface area (Å²) in [5.74, 6) is -0.755. The van der Waals surface area contributed by atoms with Crippen LogP contribution < -0.4 is 4.31 Å². The predicted octanol–water partition coefficient (Wildman–Crippen LogP) is 2.44. The Bertz CT molecular complexity index is 659. The first kappa shape index (κ1) is 13.5. The molecule has 0 aliphatic rings. The first-order chi connectivity index (χ1) is 9.07. The summed E-state index contributed by atoms with van der Waals surface area (Å²) in [6.07, 6.45) is 2.99. The van der Waals surface area contributed by atoms with E-state index in [1.165, 1.54) is 30.6 Å². The molecule has 0 aliphatic carbocycles. The van der Waals surface area contributed by atoms with Crippen molar-refractivity contribution < 1.29 is 12.8 Å². The zero-order chi connectivity index (χ0) is 13.9. The molecule has 0 spiro atoms. The van der Waals surface area contributed by atoms with E-state index in [0.29, 0.717) is 5.69 Å². The standard InChI is InChI=1S/C13H13FN2O2S/c1-2-16(11-7-9-15-10-8-11)19(17,18)13-6-4-3-5-12(13)14/h3-10H,2H2,1H3. The number of hydrogen-bond acceptors (Lipinski definition) is 3. The molecule has 0 saturated heterocycles. The van der Waals surface area contributed by atoms with Crippen LogP contribution in [0.5, 0.6) is 0 Å². The van der Waals surface area contributed by atoms with E-state index in [1.807, 2.05) is 0 Å². The molecule has 0 amide bonds. The first-order valence-corrected chi connectivity index (χ1v) is 7.18. The maximum Gasteiger partial charge on any atom is 0.267 e. The molecule has 1 aromatic heterocycles. The third kappa shape index (κ3) is 2.58. The molecular weight excluding hydrogens is 267 g/mol. The Labute approximate surface area is 111 Å². The SMILES string of the molecule is CCN(c1ccncc1)S(=O)(=O)c1ccccc1F. The van der Waals surface area contributed by atoms with Gasteiger partial charge in [0.05, 0.1) is 5.69 Å². The molecule has 0 bridgehead atoms. The van der Waals surface area contributed by atoms with E-state index in [4.69, 9.17) is 0 Å². The van der Waals surface area contributed by atoms with E-state index in [2.05, 4.69) is 4.98 Å². The molecule has 1 heterocycles. The average Bonchev–Trinajstić information content (AvgIpc) is 2.40. The zero-order valence-electron chi connectivity index (χ0n) is 10.3. The van der Waals surface area contributed by atoms with Crippen molar-refractivity contribution in [3.8, 4) is 0 Å². The minimum Gasteiger partial charge on any atom is -0.266 e. The summed E-state index contributed by atoms with van der Waals surface area (Å²) in [4.78, 5) is 3.51. The zero-order valence-corrected chi connectivity index (χ0v) is 11.1. The van der Waals surface area contributed by atoms with Gasteiger partial charge in [0, 0.05) is 18.9 Å². The lowest BCUT2D eigenvalue weighted by Crippen LogP contribution is -2.31. The molecular formula is C13H13FN2O2S. The van der Waals surface area contributed by atoms with E-state index in [-0.39, 0.29) is 11.4 Å². The number of sulfonamides is 1. The summed E-state index contributed by atoms with van der Waals surface area (Å²) in [6, 6.07) is 8.49. The van der Waals surface area contributed by atoms with E-state index in [1.54, 1.807) is 19.1 Å². The molecule has 100 valence electrons. The monoisotopic (exact) mass is 280 g/mol. The van der Waals surface area contributed by atoms with Gasteiger partial charge in [-0.2, -0.15) is 0 Å². The van der Waals surface area contributed by atoms with Crippen LogP contribution in [0.1, 0.15) is 6.92 Å². The van der Waals surface area contributed by atoms with Crippen molar-refractivity contribution in [1.29, 1.82) is 0 Å². The molecule has 4 nitrogen and oxygen atoms in total. The van der Waals surface area contributed by atoms with Crippen LogP contribution in [0.3, 0.4) is 0 Å². The highest BCUT2D eigenvalue weighted by molar-refractivity contribution is 7.92. The third-order valence-corrected chi connectivity index (χ3v) is 4.58. The number of rotatable bonds is 4. The van der Waals surface area contributed by atoms with E-state index >= 15 is 0 Å². The Morgan fingerprint density at radius 3 is 2.37 bits per heavy atom. The molecule has 0 radical (unpaired) electrons. The second kappa shape index (κ2) is 5.36. The van der Waals surface area contributed by atoms with Crippen molar-refractivity contribution >= 4 is 15.7 Å². The fourth-order valence-corrected chi connectivity index (χ4v) is 3.32. The topological polar surface area (TPSA) is 50.3 Å². The second-order valence-corrected chi connectivity index (χ2v) is 5.64. The van der Waals surface area contributed by atoms with E-state index in [0.717, 1.165) is 10.4 Å². The number of nitrogens with zero attached hydrogens (tertiary/aromatic N) is 2. The molecule has 2 aromatic rings. The fourth-order valence-electron chi connectivity index (χ4n) is 1.77. The fraction of sp³-hybridized carbons (Fsp3) is 0.154. The van der Waals surface area contributed by atoms with Crippen LogP contribution >= 0.6 is 0 Å². The van der Waals surface area contributed by atoms with Gasteiger partial charge < -0.3 is 0 Å². The number of aromatic nitrogens is 1. The minimum atomic E-state index is -3.90. The maximum absolute atomic E-state index is 13.7. The van der Waals surface area contributed by atoms with E-state index in [9.17, 15) is 12.8 Å². The third-order valence-electron chi connectivity index (χ3n) is 2.64. The number of halogens is 1. The van der Waals surface area contributed by atoms with Crippen molar-refractivity contribution in [2.45, 2.75) is 11.8 Å². The number of pyridine rings is 1. The van der Waals surface area contributed by atoms with Crippen LogP contribution in [0.25, 0.3) is 0 Å². The summed E-state index contributed by atoms with van der Waals surface area (Å²) >= 11 is 0.